The maximum Gasteiger partial charge on any atom is 0.167 e. The molecule has 1 unspecified atom stereocenters. The van der Waals surface area contributed by atoms with Gasteiger partial charge in [0.2, 0.25) is 0 Å². The van der Waals surface area contributed by atoms with Gasteiger partial charge in [-0.3, -0.25) is 4.57 Å². The van der Waals surface area contributed by atoms with Crippen molar-refractivity contribution in [3.8, 4) is 0 Å². The minimum atomic E-state index is -0.947. The van der Waals surface area contributed by atoms with E-state index in [1.165, 1.54) is 12.7 Å². The van der Waals surface area contributed by atoms with E-state index in [4.69, 9.17) is 10.5 Å². The maximum absolute atomic E-state index is 10.2. The van der Waals surface area contributed by atoms with Crippen LogP contribution in [0.5, 0.6) is 0 Å². The summed E-state index contributed by atoms with van der Waals surface area (Å²) in [7, 11) is 3.72. The Morgan fingerprint density at radius 2 is 2.14 bits per heavy atom. The van der Waals surface area contributed by atoms with E-state index >= 15 is 0 Å². The fourth-order valence-electron chi connectivity index (χ4n) is 2.51. The predicted molar refractivity (Wildman–Crippen MR) is 74.6 cm³/mol. The van der Waals surface area contributed by atoms with Crippen molar-refractivity contribution >= 4 is 17.0 Å². The molecule has 9 heteroatoms. The zero-order chi connectivity index (χ0) is 15.1. The largest absolute Gasteiger partial charge is 0.394 e. The zero-order valence-corrected chi connectivity index (χ0v) is 11.8. The summed E-state index contributed by atoms with van der Waals surface area (Å²) in [4.78, 5) is 14.5. The van der Waals surface area contributed by atoms with Crippen LogP contribution in [0.1, 0.15) is 6.23 Å². The van der Waals surface area contributed by atoms with Crippen molar-refractivity contribution in [2.24, 2.45) is 5.73 Å². The Balaban J connectivity index is 2.04. The Bertz CT molecular complexity index is 645. The van der Waals surface area contributed by atoms with E-state index in [0.717, 1.165) is 0 Å². The Kier molecular flexibility index (Phi) is 3.49. The van der Waals surface area contributed by atoms with Gasteiger partial charge in [-0.15, -0.1) is 0 Å². The van der Waals surface area contributed by atoms with Gasteiger partial charge in [0, 0.05) is 14.1 Å². The van der Waals surface area contributed by atoms with Crippen LogP contribution in [-0.4, -0.2) is 68.7 Å². The van der Waals surface area contributed by atoms with Gasteiger partial charge in [0.1, 0.15) is 18.5 Å². The van der Waals surface area contributed by atoms with Crippen molar-refractivity contribution in [3.63, 3.8) is 0 Å². The van der Waals surface area contributed by atoms with Gasteiger partial charge >= 0.3 is 0 Å². The lowest BCUT2D eigenvalue weighted by Crippen LogP contribution is -2.41. The molecule has 2 aromatic heterocycles. The predicted octanol–water partition coefficient (Wildman–Crippen LogP) is -1.53. The highest BCUT2D eigenvalue weighted by molar-refractivity contribution is 5.83. The number of nitrogens with zero attached hydrogens (tertiary/aromatic N) is 5. The van der Waals surface area contributed by atoms with Crippen LogP contribution < -0.4 is 10.6 Å². The number of nitrogens with two attached hydrogens (primary N) is 1. The number of aliphatic hydroxyl groups excluding tert-OH is 2. The van der Waals surface area contributed by atoms with Gasteiger partial charge < -0.3 is 25.6 Å². The summed E-state index contributed by atoms with van der Waals surface area (Å²) in [5.41, 5.74) is 7.00. The third-order valence-electron chi connectivity index (χ3n) is 3.65. The van der Waals surface area contributed by atoms with Gasteiger partial charge in [-0.25, -0.2) is 15.0 Å². The number of aliphatic hydroxyl groups is 2. The molecule has 1 aliphatic rings. The van der Waals surface area contributed by atoms with E-state index < -0.39 is 24.5 Å². The number of fused-ring (bicyclic) bond motifs is 1. The molecule has 0 aliphatic carbocycles. The van der Waals surface area contributed by atoms with Crippen LogP contribution >= 0.6 is 0 Å². The lowest BCUT2D eigenvalue weighted by Gasteiger charge is -2.17. The summed E-state index contributed by atoms with van der Waals surface area (Å²) in [6.45, 7) is -0.251. The van der Waals surface area contributed by atoms with Crippen LogP contribution in [0.15, 0.2) is 12.7 Å². The van der Waals surface area contributed by atoms with Crippen molar-refractivity contribution in [2.75, 3.05) is 25.6 Å². The highest BCUT2D eigenvalue weighted by Crippen LogP contribution is 2.31. The van der Waals surface area contributed by atoms with Gasteiger partial charge in [-0.1, -0.05) is 0 Å². The Labute approximate surface area is 121 Å². The molecule has 9 nitrogen and oxygen atoms in total. The molecule has 3 heterocycles. The Morgan fingerprint density at radius 1 is 1.38 bits per heavy atom. The summed E-state index contributed by atoms with van der Waals surface area (Å²) in [6, 6.07) is -0.660. The molecule has 0 spiro atoms. The molecule has 21 heavy (non-hydrogen) atoms. The molecule has 1 fully saturated rings. The highest BCUT2D eigenvalue weighted by Gasteiger charge is 2.42. The monoisotopic (exact) mass is 294 g/mol. The van der Waals surface area contributed by atoms with E-state index in [1.807, 2.05) is 19.0 Å². The van der Waals surface area contributed by atoms with Gasteiger partial charge in [0.05, 0.1) is 19.0 Å². The van der Waals surface area contributed by atoms with Crippen LogP contribution in [0.4, 0.5) is 5.82 Å². The van der Waals surface area contributed by atoms with Crippen molar-refractivity contribution in [1.29, 1.82) is 0 Å². The standard InChI is InChI=1S/C12H18N6O3/c1-17(2)10-8-11(15-4-14-10)18(5-16-8)12-9(20)7(13)6(3-19)21-12/h4-7,9,12,19-20H,3,13H2,1-2H3/t6-,7?,9+,12-/m1/s1. The van der Waals surface area contributed by atoms with Crippen molar-refractivity contribution in [2.45, 2.75) is 24.5 Å². The first-order valence-corrected chi connectivity index (χ1v) is 6.59. The molecular weight excluding hydrogens is 276 g/mol. The summed E-state index contributed by atoms with van der Waals surface area (Å²) in [6.07, 6.45) is 0.676. The topological polar surface area (TPSA) is 123 Å². The third kappa shape index (κ3) is 2.14. The van der Waals surface area contributed by atoms with E-state index in [9.17, 15) is 10.2 Å². The van der Waals surface area contributed by atoms with Gasteiger partial charge in [0.15, 0.2) is 23.2 Å². The van der Waals surface area contributed by atoms with E-state index in [1.54, 1.807) is 4.57 Å². The minimum Gasteiger partial charge on any atom is -0.394 e. The first-order chi connectivity index (χ1) is 10.0. The van der Waals surface area contributed by atoms with Gasteiger partial charge in [-0.05, 0) is 0 Å². The van der Waals surface area contributed by atoms with E-state index in [0.29, 0.717) is 17.0 Å². The number of rotatable bonds is 3. The summed E-state index contributed by atoms with van der Waals surface area (Å²) in [5, 5.41) is 19.4. The second kappa shape index (κ2) is 5.19. The number of ether oxygens (including phenoxy) is 1. The summed E-state index contributed by atoms with van der Waals surface area (Å²) < 4.78 is 7.23. The molecule has 2 aromatic rings. The number of hydrogen-bond donors (Lipinski definition) is 3. The molecular formula is C12H18N6O3. The molecule has 0 bridgehead atoms. The second-order valence-corrected chi connectivity index (χ2v) is 5.23. The Morgan fingerprint density at radius 3 is 2.76 bits per heavy atom. The number of imidazole rings is 1. The normalized spacial score (nSPS) is 29.2. The fourth-order valence-corrected chi connectivity index (χ4v) is 2.51. The molecule has 4 atom stereocenters. The van der Waals surface area contributed by atoms with E-state index in [2.05, 4.69) is 15.0 Å². The first kappa shape index (κ1) is 14.1. The molecule has 1 aliphatic heterocycles. The quantitative estimate of drug-likeness (QED) is 0.623. The molecule has 114 valence electrons. The third-order valence-corrected chi connectivity index (χ3v) is 3.65. The van der Waals surface area contributed by atoms with Crippen LogP contribution in [0.3, 0.4) is 0 Å². The average molecular weight is 294 g/mol. The molecule has 0 aromatic carbocycles. The zero-order valence-electron chi connectivity index (χ0n) is 11.8. The van der Waals surface area contributed by atoms with Crippen LogP contribution in [0.2, 0.25) is 0 Å². The summed E-state index contributed by atoms with van der Waals surface area (Å²) >= 11 is 0. The van der Waals surface area contributed by atoms with E-state index in [-0.39, 0.29) is 6.61 Å². The molecule has 1 saturated heterocycles. The van der Waals surface area contributed by atoms with Crippen molar-refractivity contribution in [3.05, 3.63) is 12.7 Å². The first-order valence-electron chi connectivity index (χ1n) is 6.59. The fraction of sp³-hybridized carbons (Fsp3) is 0.583. The summed E-state index contributed by atoms with van der Waals surface area (Å²) in [5.74, 6) is 0.675. The molecule has 0 radical (unpaired) electrons. The molecule has 3 rings (SSSR count). The van der Waals surface area contributed by atoms with Gasteiger partial charge in [0.25, 0.3) is 0 Å². The number of aromatic nitrogens is 4. The highest BCUT2D eigenvalue weighted by atomic mass is 16.5. The van der Waals surface area contributed by atoms with Crippen LogP contribution in [0.25, 0.3) is 11.2 Å². The molecule has 0 saturated carbocycles. The maximum atomic E-state index is 10.2. The SMILES string of the molecule is CN(C)c1ncnc2c1ncn2[C@@H]1O[C@H](CO)C(N)[C@@H]1O. The number of hydrogen-bond acceptors (Lipinski definition) is 8. The minimum absolute atomic E-state index is 0.251. The molecule has 0 amide bonds. The lowest BCUT2D eigenvalue weighted by molar-refractivity contribution is -0.0488. The van der Waals surface area contributed by atoms with Crippen LogP contribution in [0, 0.1) is 0 Å². The smallest absolute Gasteiger partial charge is 0.167 e. The lowest BCUT2D eigenvalue weighted by atomic mass is 10.1. The van der Waals surface area contributed by atoms with Crippen molar-refractivity contribution in [1.82, 2.24) is 19.5 Å². The Hall–Kier alpha value is -1.81. The van der Waals surface area contributed by atoms with Crippen molar-refractivity contribution < 1.29 is 14.9 Å². The molecule has 4 N–H and O–H groups in total. The van der Waals surface area contributed by atoms with Gasteiger partial charge in [-0.2, -0.15) is 0 Å². The second-order valence-electron chi connectivity index (χ2n) is 5.23. The van der Waals surface area contributed by atoms with Crippen LogP contribution in [-0.2, 0) is 4.74 Å². The average Bonchev–Trinajstić information content (AvgIpc) is 3.01. The number of anilines is 1.